The molecular formula is C38H33F9O3. The van der Waals surface area contributed by atoms with Crippen LogP contribution in [0.4, 0.5) is 39.5 Å². The summed E-state index contributed by atoms with van der Waals surface area (Å²) in [4.78, 5) is 0. The predicted molar refractivity (Wildman–Crippen MR) is 169 cm³/mol. The van der Waals surface area contributed by atoms with Gasteiger partial charge >= 0.3 is 6.11 Å². The topological polar surface area (TPSA) is 27.7 Å². The maximum atomic E-state index is 15.1. The van der Waals surface area contributed by atoms with Crippen LogP contribution >= 0.6 is 0 Å². The van der Waals surface area contributed by atoms with Crippen molar-refractivity contribution in [3.8, 4) is 28.0 Å². The molecule has 0 aliphatic carbocycles. The number of halogens is 9. The van der Waals surface area contributed by atoms with Crippen LogP contribution in [-0.2, 0) is 22.0 Å². The lowest BCUT2D eigenvalue weighted by Crippen LogP contribution is -2.27. The Morgan fingerprint density at radius 3 is 2.02 bits per heavy atom. The minimum atomic E-state index is -4.21. The van der Waals surface area contributed by atoms with Crippen LogP contribution in [0.5, 0.6) is 5.75 Å². The highest BCUT2D eigenvalue weighted by Gasteiger charge is 2.38. The van der Waals surface area contributed by atoms with Crippen molar-refractivity contribution < 1.29 is 53.7 Å². The van der Waals surface area contributed by atoms with Gasteiger partial charge < -0.3 is 14.2 Å². The second-order valence-electron chi connectivity index (χ2n) is 12.0. The van der Waals surface area contributed by atoms with Gasteiger partial charge in [0.15, 0.2) is 6.29 Å². The van der Waals surface area contributed by atoms with Crippen molar-refractivity contribution in [2.75, 3.05) is 13.2 Å². The van der Waals surface area contributed by atoms with Crippen molar-refractivity contribution in [2.24, 2.45) is 5.92 Å². The van der Waals surface area contributed by atoms with Gasteiger partial charge in [-0.25, -0.2) is 22.0 Å². The zero-order valence-corrected chi connectivity index (χ0v) is 26.9. The third-order valence-corrected chi connectivity index (χ3v) is 8.37. The maximum Gasteiger partial charge on any atom is 0.429 e. The third kappa shape index (κ3) is 8.89. The first-order chi connectivity index (χ1) is 23.9. The lowest BCUT2D eigenvalue weighted by molar-refractivity contribution is -0.206. The number of rotatable bonds is 13. The zero-order valence-electron chi connectivity index (χ0n) is 26.9. The Morgan fingerprint density at radius 1 is 0.760 bits per heavy atom. The molecule has 5 rings (SSSR count). The Kier molecular flexibility index (Phi) is 11.9. The summed E-state index contributed by atoms with van der Waals surface area (Å²) in [6, 6.07) is 10.7. The summed E-state index contributed by atoms with van der Waals surface area (Å²) in [5.41, 5.74) is -1.96. The molecule has 0 saturated carbocycles. The average Bonchev–Trinajstić information content (AvgIpc) is 3.06. The summed E-state index contributed by atoms with van der Waals surface area (Å²) in [5.74, 6) is -5.87. The van der Waals surface area contributed by atoms with Crippen molar-refractivity contribution in [2.45, 2.75) is 57.8 Å². The number of hydrogen-bond donors (Lipinski definition) is 0. The summed E-state index contributed by atoms with van der Waals surface area (Å²) in [6.07, 6.45) is -3.07. The fraction of sp³-hybridized carbons (Fsp3) is 0.316. The molecule has 1 aliphatic heterocycles. The molecule has 0 unspecified atom stereocenters. The zero-order chi connectivity index (χ0) is 36.0. The lowest BCUT2D eigenvalue weighted by Gasteiger charge is -2.30. The molecule has 0 bridgehead atoms. The third-order valence-electron chi connectivity index (χ3n) is 8.37. The molecule has 0 aromatic heterocycles. The summed E-state index contributed by atoms with van der Waals surface area (Å²) < 4.78 is 145. The van der Waals surface area contributed by atoms with E-state index >= 15 is 17.6 Å². The average molecular weight is 709 g/mol. The van der Waals surface area contributed by atoms with Crippen LogP contribution in [0.2, 0.25) is 0 Å². The largest absolute Gasteiger partial charge is 0.429 e. The van der Waals surface area contributed by atoms with E-state index in [-0.39, 0.29) is 46.6 Å². The highest BCUT2D eigenvalue weighted by Crippen LogP contribution is 2.38. The van der Waals surface area contributed by atoms with E-state index in [1.807, 2.05) is 0 Å². The number of hydrogen-bond acceptors (Lipinski definition) is 3. The Bertz CT molecular complexity index is 1810. The van der Waals surface area contributed by atoms with E-state index in [1.54, 1.807) is 0 Å². The number of allylic oxidation sites excluding steroid dienone is 1. The van der Waals surface area contributed by atoms with E-state index in [1.165, 1.54) is 12.1 Å². The van der Waals surface area contributed by atoms with Gasteiger partial charge in [-0.05, 0) is 78.9 Å². The molecule has 4 aromatic rings. The van der Waals surface area contributed by atoms with Crippen molar-refractivity contribution in [1.82, 2.24) is 0 Å². The fourth-order valence-electron chi connectivity index (χ4n) is 5.74. The Morgan fingerprint density at radius 2 is 1.40 bits per heavy atom. The monoisotopic (exact) mass is 708 g/mol. The van der Waals surface area contributed by atoms with Crippen molar-refractivity contribution in [3.05, 3.63) is 125 Å². The number of alkyl halides is 2. The van der Waals surface area contributed by atoms with Crippen LogP contribution in [-0.4, -0.2) is 13.2 Å². The van der Waals surface area contributed by atoms with Crippen LogP contribution in [0, 0.1) is 35.0 Å². The van der Waals surface area contributed by atoms with E-state index in [0.29, 0.717) is 25.4 Å². The molecule has 1 aliphatic rings. The molecule has 3 nitrogen and oxygen atoms in total. The molecule has 1 heterocycles. The molecule has 12 heteroatoms. The Labute approximate surface area is 283 Å². The van der Waals surface area contributed by atoms with Crippen LogP contribution < -0.4 is 4.74 Å². The Balaban J connectivity index is 1.26. The maximum absolute atomic E-state index is 15.1. The van der Waals surface area contributed by atoms with E-state index in [0.717, 1.165) is 74.2 Å². The van der Waals surface area contributed by atoms with Gasteiger partial charge in [0.25, 0.3) is 6.08 Å². The van der Waals surface area contributed by atoms with Gasteiger partial charge in [-0.15, -0.1) is 0 Å². The minimum Gasteiger partial charge on any atom is -0.429 e. The predicted octanol–water partition coefficient (Wildman–Crippen LogP) is 11.8. The Hall–Kier alpha value is -4.29. The van der Waals surface area contributed by atoms with Crippen LogP contribution in [0.1, 0.15) is 62.0 Å². The second-order valence-corrected chi connectivity index (χ2v) is 12.0. The molecule has 0 amide bonds. The van der Waals surface area contributed by atoms with Gasteiger partial charge in [-0.3, -0.25) is 0 Å². The molecule has 50 heavy (non-hydrogen) atoms. The highest BCUT2D eigenvalue weighted by molar-refractivity contribution is 5.72. The van der Waals surface area contributed by atoms with E-state index in [2.05, 4.69) is 6.92 Å². The molecule has 0 spiro atoms. The van der Waals surface area contributed by atoms with Crippen molar-refractivity contribution >= 4 is 0 Å². The fourth-order valence-corrected chi connectivity index (χ4v) is 5.74. The molecule has 266 valence electrons. The van der Waals surface area contributed by atoms with Gasteiger partial charge in [0.05, 0.1) is 18.8 Å². The summed E-state index contributed by atoms with van der Waals surface area (Å²) in [5, 5.41) is 0. The number of unbranched alkanes of at least 4 members (excludes halogenated alkanes) is 2. The van der Waals surface area contributed by atoms with Gasteiger partial charge in [0.1, 0.15) is 34.8 Å². The number of benzene rings is 4. The smallest absolute Gasteiger partial charge is 0.429 e. The van der Waals surface area contributed by atoms with Crippen molar-refractivity contribution in [3.63, 3.8) is 0 Å². The molecule has 1 fully saturated rings. The SMILES string of the molecule is CCCCCC1COC(c2ccc(C(F)(F)Oc3ccc(-c4ccc(-c5cc(F)c(CCC=C(F)F)c(F)c5)c(F)c4)c(F)c3)c(F)c2)OC1. The number of ether oxygens (including phenoxy) is 3. The normalized spacial score (nSPS) is 16.4. The van der Waals surface area contributed by atoms with E-state index < -0.39 is 64.4 Å². The summed E-state index contributed by atoms with van der Waals surface area (Å²) in [7, 11) is 0. The van der Waals surface area contributed by atoms with Crippen molar-refractivity contribution in [1.29, 1.82) is 0 Å². The lowest BCUT2D eigenvalue weighted by atomic mass is 9.97. The van der Waals surface area contributed by atoms with Gasteiger partial charge in [0, 0.05) is 34.2 Å². The minimum absolute atomic E-state index is 0.0271. The summed E-state index contributed by atoms with van der Waals surface area (Å²) >= 11 is 0. The van der Waals surface area contributed by atoms with E-state index in [4.69, 9.17) is 14.2 Å². The van der Waals surface area contributed by atoms with Crippen LogP contribution in [0.3, 0.4) is 0 Å². The first kappa shape index (κ1) is 37.0. The molecule has 4 aromatic carbocycles. The molecule has 0 atom stereocenters. The standard InChI is InChI=1S/C38H33F9O3/c1-2-3-4-6-22-20-48-37(49-21-22)24-10-14-30(35(43)16-24)38(46,47)50-26-11-13-27(34(42)19-26)23-9-12-28(31(39)15-23)25-17-32(40)29(33(41)18-25)7-5-8-36(44)45/h8-19,22,37H,2-7,20-21H2,1H3. The van der Waals surface area contributed by atoms with Gasteiger partial charge in [-0.1, -0.05) is 44.4 Å². The highest BCUT2D eigenvalue weighted by atomic mass is 19.3. The first-order valence-electron chi connectivity index (χ1n) is 16.0. The van der Waals surface area contributed by atoms with Crippen LogP contribution in [0.25, 0.3) is 22.3 Å². The van der Waals surface area contributed by atoms with Crippen LogP contribution in [0.15, 0.2) is 78.9 Å². The molecule has 1 saturated heterocycles. The molecule has 0 radical (unpaired) electrons. The first-order valence-corrected chi connectivity index (χ1v) is 16.0. The summed E-state index contributed by atoms with van der Waals surface area (Å²) in [6.45, 7) is 2.90. The van der Waals surface area contributed by atoms with Gasteiger partial charge in [-0.2, -0.15) is 17.6 Å². The second kappa shape index (κ2) is 16.2. The van der Waals surface area contributed by atoms with E-state index in [9.17, 15) is 22.0 Å². The molecular weight excluding hydrogens is 675 g/mol. The quantitative estimate of drug-likeness (QED) is 0.102. The van der Waals surface area contributed by atoms with Gasteiger partial charge in [0.2, 0.25) is 0 Å². The molecule has 0 N–H and O–H groups in total.